The van der Waals surface area contributed by atoms with Crippen LogP contribution in [0.5, 0.6) is 5.75 Å². The number of halogens is 1. The molecule has 0 bridgehead atoms. The molecule has 1 aliphatic heterocycles. The Morgan fingerprint density at radius 2 is 1.31 bits per heavy atom. The quantitative estimate of drug-likeness (QED) is 0.163. The number of rotatable bonds is 8. The highest BCUT2D eigenvalue weighted by atomic mass is 35.5. The summed E-state index contributed by atoms with van der Waals surface area (Å²) in [4.78, 5) is 14.0. The molecular formula is C38H27ClN4O2. The molecule has 1 aliphatic rings. The average Bonchev–Trinajstić information content (AvgIpc) is 3.67. The van der Waals surface area contributed by atoms with Crippen LogP contribution in [0.25, 0.3) is 23.0 Å². The highest BCUT2D eigenvalue weighted by Crippen LogP contribution is 2.32. The van der Waals surface area contributed by atoms with Crippen LogP contribution in [0.3, 0.4) is 0 Å². The van der Waals surface area contributed by atoms with Crippen LogP contribution in [0.15, 0.2) is 156 Å². The Kier molecular flexibility index (Phi) is 7.79. The smallest absolute Gasteiger partial charge is 0.281 e. The summed E-state index contributed by atoms with van der Waals surface area (Å²) in [7, 11) is 0. The van der Waals surface area contributed by atoms with E-state index in [1.165, 1.54) is 5.01 Å². The highest BCUT2D eigenvalue weighted by Gasteiger charge is 2.32. The number of hydrogen-bond donors (Lipinski definition) is 0. The van der Waals surface area contributed by atoms with Gasteiger partial charge in [0.1, 0.15) is 18.1 Å². The summed E-state index contributed by atoms with van der Waals surface area (Å²) >= 11 is 6.01. The average molecular weight is 607 g/mol. The van der Waals surface area contributed by atoms with Gasteiger partial charge in [-0.1, -0.05) is 90.5 Å². The van der Waals surface area contributed by atoms with Crippen LogP contribution in [0.4, 0.5) is 5.69 Å². The number of para-hydroxylation sites is 2. The highest BCUT2D eigenvalue weighted by molar-refractivity contribution is 6.37. The molecule has 218 valence electrons. The fraction of sp³-hybridized carbons (Fsp3) is 0.0263. The molecule has 6 nitrogen and oxygen atoms in total. The van der Waals surface area contributed by atoms with Gasteiger partial charge in [-0.2, -0.15) is 15.2 Å². The second kappa shape index (κ2) is 12.5. The molecule has 7 heteroatoms. The molecule has 2 heterocycles. The molecule has 45 heavy (non-hydrogen) atoms. The standard InChI is InChI=1S/C38H27ClN4O2/c39-31-20-16-27(17-21-31)26-45-34-22-18-29(19-23-34)36-30(25-42(40-36)32-12-6-2-7-13-32)24-35-37(28-10-4-1-5-11-28)41-43(38(35)44)33-14-8-3-9-15-33/h1-25H,26H2. The van der Waals surface area contributed by atoms with Gasteiger partial charge in [-0.05, 0) is 72.3 Å². The molecule has 0 atom stereocenters. The molecule has 7 rings (SSSR count). The summed E-state index contributed by atoms with van der Waals surface area (Å²) in [5.41, 5.74) is 7.00. The topological polar surface area (TPSA) is 59.7 Å². The number of hydrazone groups is 1. The molecule has 1 amide bonds. The van der Waals surface area contributed by atoms with Crippen molar-refractivity contribution in [1.82, 2.24) is 9.78 Å². The molecule has 0 saturated carbocycles. The van der Waals surface area contributed by atoms with Crippen molar-refractivity contribution >= 4 is 35.0 Å². The van der Waals surface area contributed by atoms with Gasteiger partial charge < -0.3 is 4.74 Å². The first-order chi connectivity index (χ1) is 22.1. The minimum atomic E-state index is -0.204. The minimum Gasteiger partial charge on any atom is -0.489 e. The van der Waals surface area contributed by atoms with Gasteiger partial charge in [0.05, 0.1) is 22.6 Å². The number of hydrogen-bond acceptors (Lipinski definition) is 4. The summed E-state index contributed by atoms with van der Waals surface area (Å²) in [6.07, 6.45) is 3.84. The fourth-order valence-electron chi connectivity index (χ4n) is 5.14. The third kappa shape index (κ3) is 6.05. The molecular weight excluding hydrogens is 580 g/mol. The number of nitrogens with zero attached hydrogens (tertiary/aromatic N) is 4. The Balaban J connectivity index is 1.27. The molecule has 0 saturated heterocycles. The predicted molar refractivity (Wildman–Crippen MR) is 180 cm³/mol. The molecule has 0 N–H and O–H groups in total. The molecule has 0 spiro atoms. The van der Waals surface area contributed by atoms with Crippen LogP contribution < -0.4 is 9.75 Å². The van der Waals surface area contributed by atoms with Crippen molar-refractivity contribution in [2.45, 2.75) is 6.61 Å². The van der Waals surface area contributed by atoms with Crippen molar-refractivity contribution in [3.05, 3.63) is 173 Å². The summed E-state index contributed by atoms with van der Waals surface area (Å²) in [5, 5.41) is 11.9. The van der Waals surface area contributed by atoms with Crippen LogP contribution in [-0.4, -0.2) is 21.4 Å². The van der Waals surface area contributed by atoms with E-state index in [4.69, 9.17) is 26.5 Å². The van der Waals surface area contributed by atoms with Crippen molar-refractivity contribution in [1.29, 1.82) is 0 Å². The van der Waals surface area contributed by atoms with E-state index in [0.717, 1.165) is 39.4 Å². The molecule has 5 aromatic carbocycles. The fourth-order valence-corrected chi connectivity index (χ4v) is 5.27. The number of benzene rings is 5. The zero-order valence-corrected chi connectivity index (χ0v) is 24.9. The van der Waals surface area contributed by atoms with E-state index >= 15 is 0 Å². The van der Waals surface area contributed by atoms with E-state index < -0.39 is 0 Å². The van der Waals surface area contributed by atoms with Gasteiger partial charge in [-0.3, -0.25) is 4.79 Å². The van der Waals surface area contributed by atoms with E-state index in [1.54, 1.807) is 0 Å². The molecule has 0 fully saturated rings. The van der Waals surface area contributed by atoms with Gasteiger partial charge in [-0.25, -0.2) is 4.68 Å². The Bertz CT molecular complexity index is 2000. The number of aromatic nitrogens is 2. The Morgan fingerprint density at radius 3 is 1.98 bits per heavy atom. The summed E-state index contributed by atoms with van der Waals surface area (Å²) in [5.74, 6) is 0.531. The second-order valence-electron chi connectivity index (χ2n) is 10.5. The Hall–Kier alpha value is -5.72. The zero-order valence-electron chi connectivity index (χ0n) is 24.1. The lowest BCUT2D eigenvalue weighted by molar-refractivity contribution is -0.114. The molecule has 0 radical (unpaired) electrons. The van der Waals surface area contributed by atoms with Crippen LogP contribution >= 0.6 is 11.6 Å². The monoisotopic (exact) mass is 606 g/mol. The zero-order chi connectivity index (χ0) is 30.6. The second-order valence-corrected chi connectivity index (χ2v) is 10.9. The van der Waals surface area contributed by atoms with Gasteiger partial charge in [-0.15, -0.1) is 0 Å². The third-order valence-electron chi connectivity index (χ3n) is 7.44. The first-order valence-electron chi connectivity index (χ1n) is 14.5. The number of carbonyl (C=O) groups excluding carboxylic acids is 1. The predicted octanol–water partition coefficient (Wildman–Crippen LogP) is 8.61. The number of carbonyl (C=O) groups is 1. The lowest BCUT2D eigenvalue weighted by Gasteiger charge is -2.11. The lowest BCUT2D eigenvalue weighted by atomic mass is 9.99. The lowest BCUT2D eigenvalue weighted by Crippen LogP contribution is -2.21. The SMILES string of the molecule is O=C1C(=Cc2cn(-c3ccccc3)nc2-c2ccc(OCc3ccc(Cl)cc3)cc2)C(c2ccccc2)=NN1c1ccccc1. The maximum atomic E-state index is 14.0. The van der Waals surface area contributed by atoms with E-state index in [1.807, 2.05) is 156 Å². The van der Waals surface area contributed by atoms with Crippen molar-refractivity contribution in [2.75, 3.05) is 5.01 Å². The van der Waals surface area contributed by atoms with Crippen molar-refractivity contribution < 1.29 is 9.53 Å². The van der Waals surface area contributed by atoms with E-state index in [-0.39, 0.29) is 5.91 Å². The van der Waals surface area contributed by atoms with Gasteiger partial charge in [0, 0.05) is 27.9 Å². The Labute approximate surface area is 266 Å². The molecule has 0 unspecified atom stereocenters. The van der Waals surface area contributed by atoms with Gasteiger partial charge in [0.15, 0.2) is 0 Å². The number of anilines is 1. The number of ether oxygens (including phenoxy) is 1. The molecule has 6 aromatic rings. The van der Waals surface area contributed by atoms with Crippen molar-refractivity contribution in [2.24, 2.45) is 5.10 Å². The van der Waals surface area contributed by atoms with Gasteiger partial charge in [0.2, 0.25) is 0 Å². The first-order valence-corrected chi connectivity index (χ1v) is 14.9. The summed E-state index contributed by atoms with van der Waals surface area (Å²) in [6, 6.07) is 44.6. The maximum Gasteiger partial charge on any atom is 0.281 e. The largest absolute Gasteiger partial charge is 0.489 e. The maximum absolute atomic E-state index is 14.0. The van der Waals surface area contributed by atoms with Crippen LogP contribution in [0.2, 0.25) is 5.02 Å². The van der Waals surface area contributed by atoms with E-state index in [2.05, 4.69) is 0 Å². The third-order valence-corrected chi connectivity index (χ3v) is 7.69. The van der Waals surface area contributed by atoms with Crippen LogP contribution in [0, 0.1) is 0 Å². The van der Waals surface area contributed by atoms with E-state index in [0.29, 0.717) is 28.6 Å². The first kappa shape index (κ1) is 28.1. The minimum absolute atomic E-state index is 0.204. The molecule has 1 aromatic heterocycles. The van der Waals surface area contributed by atoms with Crippen LogP contribution in [0.1, 0.15) is 16.7 Å². The van der Waals surface area contributed by atoms with Crippen molar-refractivity contribution in [3.63, 3.8) is 0 Å². The van der Waals surface area contributed by atoms with Gasteiger partial charge >= 0.3 is 0 Å². The van der Waals surface area contributed by atoms with Crippen LogP contribution in [-0.2, 0) is 11.4 Å². The van der Waals surface area contributed by atoms with Crippen molar-refractivity contribution in [3.8, 4) is 22.7 Å². The molecule has 0 aliphatic carbocycles. The summed E-state index contributed by atoms with van der Waals surface area (Å²) in [6.45, 7) is 0.429. The number of amides is 1. The Morgan fingerprint density at radius 1 is 0.689 bits per heavy atom. The van der Waals surface area contributed by atoms with Gasteiger partial charge in [0.25, 0.3) is 5.91 Å². The normalized spacial score (nSPS) is 13.7. The van der Waals surface area contributed by atoms with E-state index in [9.17, 15) is 4.79 Å². The summed E-state index contributed by atoms with van der Waals surface area (Å²) < 4.78 is 7.85.